The predicted molar refractivity (Wildman–Crippen MR) is 80.6 cm³/mol. The fourth-order valence-corrected chi connectivity index (χ4v) is 3.50. The number of thiazole rings is 1. The Kier molecular flexibility index (Phi) is 2.49. The van der Waals surface area contributed by atoms with Crippen LogP contribution in [0.15, 0.2) is 23.4 Å². The smallest absolute Gasteiger partial charge is 0.291 e. The number of nitrogens with one attached hydrogen (secondary N) is 1. The van der Waals surface area contributed by atoms with Gasteiger partial charge < -0.3 is 4.57 Å². The van der Waals surface area contributed by atoms with Gasteiger partial charge >= 0.3 is 0 Å². The number of aromatic amines is 1. The van der Waals surface area contributed by atoms with Gasteiger partial charge in [0.2, 0.25) is 0 Å². The monoisotopic (exact) mass is 300 g/mol. The molecule has 4 aromatic heterocycles. The lowest BCUT2D eigenvalue weighted by molar-refractivity contribution is 0.644. The molecular formula is C13H12N6OS. The second-order valence-electron chi connectivity index (χ2n) is 4.92. The van der Waals surface area contributed by atoms with E-state index in [4.69, 9.17) is 0 Å². The molecule has 0 unspecified atom stereocenters. The Morgan fingerprint density at radius 2 is 2.24 bits per heavy atom. The molecule has 0 aliphatic carbocycles. The first-order chi connectivity index (χ1) is 10.1. The third kappa shape index (κ3) is 1.72. The van der Waals surface area contributed by atoms with Crippen LogP contribution in [0.1, 0.15) is 10.6 Å². The maximum atomic E-state index is 12.7. The minimum Gasteiger partial charge on any atom is -0.323 e. The highest BCUT2D eigenvalue weighted by molar-refractivity contribution is 7.19. The normalized spacial score (nSPS) is 11.7. The Bertz CT molecular complexity index is 1010. The molecule has 0 aliphatic heterocycles. The summed E-state index contributed by atoms with van der Waals surface area (Å²) in [5.74, 6) is 0. The van der Waals surface area contributed by atoms with Gasteiger partial charge in [0, 0.05) is 24.2 Å². The van der Waals surface area contributed by atoms with E-state index in [9.17, 15) is 4.79 Å². The van der Waals surface area contributed by atoms with Crippen molar-refractivity contribution >= 4 is 32.6 Å². The van der Waals surface area contributed by atoms with Crippen LogP contribution >= 0.6 is 11.3 Å². The maximum Gasteiger partial charge on any atom is 0.291 e. The summed E-state index contributed by atoms with van der Waals surface area (Å²) in [4.78, 5) is 17.1. The summed E-state index contributed by atoms with van der Waals surface area (Å²) < 4.78 is 4.32. The Hall–Kier alpha value is -2.48. The first-order valence-corrected chi connectivity index (χ1v) is 7.26. The number of hydrogen-bond acceptors (Lipinski definition) is 5. The van der Waals surface area contributed by atoms with Gasteiger partial charge in [-0.2, -0.15) is 10.2 Å². The molecule has 0 atom stereocenters. The summed E-state index contributed by atoms with van der Waals surface area (Å²) in [5, 5.41) is 12.8. The molecule has 106 valence electrons. The van der Waals surface area contributed by atoms with E-state index >= 15 is 0 Å². The van der Waals surface area contributed by atoms with Gasteiger partial charge in [0.15, 0.2) is 5.65 Å². The van der Waals surface area contributed by atoms with Crippen molar-refractivity contribution in [3.05, 3.63) is 39.5 Å². The molecule has 0 saturated heterocycles. The molecule has 0 spiro atoms. The first kappa shape index (κ1) is 12.3. The summed E-state index contributed by atoms with van der Waals surface area (Å²) >= 11 is 1.59. The number of fused-ring (bicyclic) bond motifs is 3. The van der Waals surface area contributed by atoms with Gasteiger partial charge in [0.1, 0.15) is 5.52 Å². The minimum absolute atomic E-state index is 0.112. The Balaban J connectivity index is 1.98. The average Bonchev–Trinajstić information content (AvgIpc) is 3.13. The summed E-state index contributed by atoms with van der Waals surface area (Å²) in [7, 11) is 1.87. The quantitative estimate of drug-likeness (QED) is 0.607. The van der Waals surface area contributed by atoms with Gasteiger partial charge in [0.05, 0.1) is 28.6 Å². The average molecular weight is 300 g/mol. The van der Waals surface area contributed by atoms with Crippen molar-refractivity contribution in [1.82, 2.24) is 29.5 Å². The van der Waals surface area contributed by atoms with Gasteiger partial charge in [-0.15, -0.1) is 11.3 Å². The van der Waals surface area contributed by atoms with E-state index in [0.29, 0.717) is 12.1 Å². The summed E-state index contributed by atoms with van der Waals surface area (Å²) in [6.07, 6.45) is 5.19. The van der Waals surface area contributed by atoms with Gasteiger partial charge in [-0.05, 0) is 6.92 Å². The third-order valence-corrected chi connectivity index (χ3v) is 4.51. The molecule has 8 heteroatoms. The lowest BCUT2D eigenvalue weighted by Crippen LogP contribution is -2.24. The SMILES string of the molecule is Cc1nc2c(s1)c1cnn(Cc3cn[nH]c3)c(=O)c1n2C. The van der Waals surface area contributed by atoms with Crippen molar-refractivity contribution in [2.24, 2.45) is 7.05 Å². The molecule has 0 bridgehead atoms. The van der Waals surface area contributed by atoms with E-state index in [1.165, 1.54) is 4.68 Å². The van der Waals surface area contributed by atoms with Crippen molar-refractivity contribution < 1.29 is 0 Å². The van der Waals surface area contributed by atoms with Gasteiger partial charge in [-0.25, -0.2) is 9.67 Å². The zero-order chi connectivity index (χ0) is 14.6. The molecule has 0 fully saturated rings. The number of rotatable bonds is 2. The van der Waals surface area contributed by atoms with Crippen LogP contribution in [0.4, 0.5) is 0 Å². The van der Waals surface area contributed by atoms with E-state index in [-0.39, 0.29) is 5.56 Å². The summed E-state index contributed by atoms with van der Waals surface area (Å²) in [6.45, 7) is 2.36. The second kappa shape index (κ2) is 4.26. The van der Waals surface area contributed by atoms with Gasteiger partial charge in [-0.1, -0.05) is 0 Å². The van der Waals surface area contributed by atoms with Crippen LogP contribution in [0.3, 0.4) is 0 Å². The van der Waals surface area contributed by atoms with Crippen LogP contribution in [0, 0.1) is 6.92 Å². The Morgan fingerprint density at radius 3 is 3.00 bits per heavy atom. The first-order valence-electron chi connectivity index (χ1n) is 6.44. The molecule has 7 nitrogen and oxygen atoms in total. The predicted octanol–water partition coefficient (Wildman–Crippen LogP) is 1.42. The number of aromatic nitrogens is 6. The van der Waals surface area contributed by atoms with E-state index in [0.717, 1.165) is 26.3 Å². The number of nitrogens with zero attached hydrogens (tertiary/aromatic N) is 5. The molecule has 0 amide bonds. The largest absolute Gasteiger partial charge is 0.323 e. The third-order valence-electron chi connectivity index (χ3n) is 3.52. The lowest BCUT2D eigenvalue weighted by atomic mass is 10.3. The number of H-pyrrole nitrogens is 1. The van der Waals surface area contributed by atoms with Crippen molar-refractivity contribution in [3.8, 4) is 0 Å². The molecule has 0 radical (unpaired) electrons. The fourth-order valence-electron chi connectivity index (χ4n) is 2.54. The molecule has 21 heavy (non-hydrogen) atoms. The maximum absolute atomic E-state index is 12.7. The van der Waals surface area contributed by atoms with E-state index in [1.54, 1.807) is 29.9 Å². The Labute approximate surface area is 122 Å². The topological polar surface area (TPSA) is 81.4 Å². The highest BCUT2D eigenvalue weighted by Crippen LogP contribution is 2.30. The van der Waals surface area contributed by atoms with E-state index in [1.807, 2.05) is 18.5 Å². The van der Waals surface area contributed by atoms with Crippen LogP contribution in [-0.4, -0.2) is 29.5 Å². The molecule has 4 aromatic rings. The van der Waals surface area contributed by atoms with Crippen molar-refractivity contribution in [1.29, 1.82) is 0 Å². The van der Waals surface area contributed by atoms with Crippen molar-refractivity contribution in [3.63, 3.8) is 0 Å². The zero-order valence-corrected chi connectivity index (χ0v) is 12.3. The van der Waals surface area contributed by atoms with E-state index in [2.05, 4.69) is 20.3 Å². The molecule has 1 N–H and O–H groups in total. The van der Waals surface area contributed by atoms with Crippen molar-refractivity contribution in [2.45, 2.75) is 13.5 Å². The van der Waals surface area contributed by atoms with Crippen LogP contribution < -0.4 is 5.56 Å². The summed E-state index contributed by atoms with van der Waals surface area (Å²) in [5.41, 5.74) is 2.28. The van der Waals surface area contributed by atoms with Crippen molar-refractivity contribution in [2.75, 3.05) is 0 Å². The number of aryl methyl sites for hydroxylation is 2. The van der Waals surface area contributed by atoms with Crippen LogP contribution in [0.25, 0.3) is 21.3 Å². The molecule has 0 aliphatic rings. The van der Waals surface area contributed by atoms with Gasteiger partial charge in [0.25, 0.3) is 5.56 Å². The molecule has 4 heterocycles. The molecular weight excluding hydrogens is 288 g/mol. The fraction of sp³-hybridized carbons (Fsp3) is 0.231. The Morgan fingerprint density at radius 1 is 1.38 bits per heavy atom. The standard InChI is InChI=1S/C13H12N6OS/c1-7-17-12-11(21-7)9-5-16-19(6-8-3-14-15-4-8)13(20)10(9)18(12)2/h3-5H,6H2,1-2H3,(H,14,15). The summed E-state index contributed by atoms with van der Waals surface area (Å²) in [6, 6.07) is 0. The lowest BCUT2D eigenvalue weighted by Gasteiger charge is -2.03. The molecule has 0 aromatic carbocycles. The highest BCUT2D eigenvalue weighted by Gasteiger charge is 2.17. The molecule has 4 rings (SSSR count). The number of hydrogen-bond donors (Lipinski definition) is 1. The minimum atomic E-state index is -0.112. The zero-order valence-electron chi connectivity index (χ0n) is 11.5. The van der Waals surface area contributed by atoms with E-state index < -0.39 is 0 Å². The second-order valence-corrected chi connectivity index (χ2v) is 6.12. The van der Waals surface area contributed by atoms with Crippen LogP contribution in [0.2, 0.25) is 0 Å². The van der Waals surface area contributed by atoms with Crippen LogP contribution in [-0.2, 0) is 13.6 Å². The van der Waals surface area contributed by atoms with Crippen LogP contribution in [0.5, 0.6) is 0 Å². The molecule has 0 saturated carbocycles. The van der Waals surface area contributed by atoms with Gasteiger partial charge in [-0.3, -0.25) is 9.89 Å². The highest BCUT2D eigenvalue weighted by atomic mass is 32.1.